The third-order valence-electron chi connectivity index (χ3n) is 10.2. The molecule has 7 heterocycles. The van der Waals surface area contributed by atoms with Crippen LogP contribution in [0.2, 0.25) is 0 Å². The number of carbonyl (C=O) groups is 1. The fraction of sp³-hybridized carbons (Fsp3) is 0.429. The maximum atomic E-state index is 14.1. The molecule has 0 amide bonds. The first-order valence-electron chi connectivity index (χ1n) is 16.2. The topological polar surface area (TPSA) is 176 Å². The number of aryl methyl sites for hydroxylation is 2. The van der Waals surface area contributed by atoms with Crippen LogP contribution >= 0.6 is 21.6 Å². The van der Waals surface area contributed by atoms with Crippen molar-refractivity contribution in [1.29, 1.82) is 0 Å². The van der Waals surface area contributed by atoms with Crippen LogP contribution < -0.4 is 21.6 Å². The molecule has 2 fully saturated rings. The van der Waals surface area contributed by atoms with Gasteiger partial charge in [0.25, 0.3) is 0 Å². The van der Waals surface area contributed by atoms with Crippen molar-refractivity contribution in [1.82, 2.24) is 9.97 Å². The summed E-state index contributed by atoms with van der Waals surface area (Å²) in [6, 6.07) is 8.85. The second-order valence-corrected chi connectivity index (χ2v) is 15.9. The summed E-state index contributed by atoms with van der Waals surface area (Å²) in [5.74, 6) is 1.97. The summed E-state index contributed by atoms with van der Waals surface area (Å²) in [6.07, 6.45) is 4.14. The number of ether oxygens (including phenoxy) is 3. The van der Waals surface area contributed by atoms with Crippen LogP contribution in [-0.2, 0) is 26.4 Å². The number of nitrogens with two attached hydrogens (primary N) is 2. The highest BCUT2D eigenvalue weighted by Gasteiger charge is 2.65. The lowest BCUT2D eigenvalue weighted by molar-refractivity contribution is -0.175. The molecule has 48 heavy (non-hydrogen) atoms. The second kappa shape index (κ2) is 11.6. The first kappa shape index (κ1) is 31.3. The first-order valence-corrected chi connectivity index (χ1v) is 18.7. The highest BCUT2D eigenvalue weighted by Crippen LogP contribution is 2.55. The van der Waals surface area contributed by atoms with Crippen LogP contribution in [0, 0.1) is 6.92 Å². The van der Waals surface area contributed by atoms with Gasteiger partial charge in [0.15, 0.2) is 11.0 Å². The summed E-state index contributed by atoms with van der Waals surface area (Å²) >= 11 is 0. The highest BCUT2D eigenvalue weighted by molar-refractivity contribution is 8.76. The van der Waals surface area contributed by atoms with Crippen LogP contribution in [0.5, 0.6) is 11.5 Å². The number of epoxide rings is 1. The number of hydrogen-bond donors (Lipinski definition) is 3. The largest absolute Gasteiger partial charge is 0.507 e. The third-order valence-corrected chi connectivity index (χ3v) is 12.5. The number of carbonyl (C=O) groups excluding carboxylic acids is 1. The van der Waals surface area contributed by atoms with Gasteiger partial charge in [-0.25, -0.2) is 14.8 Å². The Morgan fingerprint density at radius 1 is 1.08 bits per heavy atom. The number of aromatic hydroxyl groups is 1. The predicted octanol–water partition coefficient (Wildman–Crippen LogP) is 5.81. The number of esters is 1. The van der Waals surface area contributed by atoms with Gasteiger partial charge in [0, 0.05) is 58.9 Å². The Bertz CT molecular complexity index is 2040. The Hall–Kier alpha value is -3.94. The molecule has 0 radical (unpaired) electrons. The molecule has 250 valence electrons. The first-order chi connectivity index (χ1) is 23.1. The standard InChI is InChI=1S/C35H36N4O7S2/c1-17-12-23(40)29-24(43-17)15-25-28(30(29)41)20-4-3-8-35-26(46-35)6-5-18-13-22(39-27(36)14-18)19-7-10-38-32(37)21(19)16-48-47-11-9-34(2,45-25)31(20)44-33(35)42/h7,10,12-15,20,26,31,41H,3-6,8-9,11,16H2,1-2H3,(H2,36,39)(H2,37,38)/t20-,26+,31+,34-,35+/m0/s1. The molecule has 3 aromatic heterocycles. The van der Waals surface area contributed by atoms with E-state index in [1.165, 1.54) is 6.07 Å². The number of benzene rings is 1. The fourth-order valence-electron chi connectivity index (χ4n) is 7.75. The molecular weight excluding hydrogens is 653 g/mol. The van der Waals surface area contributed by atoms with E-state index in [1.807, 2.05) is 25.1 Å². The normalized spacial score (nSPS) is 28.4. The second-order valence-electron chi connectivity index (χ2n) is 13.3. The van der Waals surface area contributed by atoms with E-state index in [0.717, 1.165) is 22.4 Å². The molecule has 2 saturated heterocycles. The maximum absolute atomic E-state index is 14.1. The molecule has 5 atom stereocenters. The van der Waals surface area contributed by atoms with Gasteiger partial charge in [-0.15, -0.1) is 0 Å². The number of hydrogen-bond acceptors (Lipinski definition) is 13. The Balaban J connectivity index is 1.19. The summed E-state index contributed by atoms with van der Waals surface area (Å²) < 4.78 is 25.2. The Morgan fingerprint density at radius 2 is 1.94 bits per heavy atom. The molecule has 1 aromatic carbocycles. The Kier molecular flexibility index (Phi) is 7.57. The molecule has 4 aromatic rings. The van der Waals surface area contributed by atoms with Gasteiger partial charge >= 0.3 is 5.97 Å². The van der Waals surface area contributed by atoms with Crippen molar-refractivity contribution in [2.24, 2.45) is 0 Å². The summed E-state index contributed by atoms with van der Waals surface area (Å²) in [6.45, 7) is 3.65. The van der Waals surface area contributed by atoms with Crippen LogP contribution in [-0.4, -0.2) is 50.2 Å². The van der Waals surface area contributed by atoms with Crippen LogP contribution in [0.3, 0.4) is 0 Å². The minimum Gasteiger partial charge on any atom is -0.507 e. The predicted molar refractivity (Wildman–Crippen MR) is 185 cm³/mol. The van der Waals surface area contributed by atoms with Crippen molar-refractivity contribution < 1.29 is 28.5 Å². The molecular formula is C35H36N4O7S2. The highest BCUT2D eigenvalue weighted by atomic mass is 33.1. The van der Waals surface area contributed by atoms with E-state index >= 15 is 0 Å². The Morgan fingerprint density at radius 3 is 2.79 bits per heavy atom. The summed E-state index contributed by atoms with van der Waals surface area (Å²) in [7, 11) is 3.30. The molecule has 13 heteroatoms. The molecule has 5 N–H and O–H groups in total. The van der Waals surface area contributed by atoms with Gasteiger partial charge in [-0.3, -0.25) is 4.79 Å². The molecule has 4 bridgehead atoms. The number of nitrogens with zero attached hydrogens (tertiary/aromatic N) is 2. The minimum absolute atomic E-state index is 0.100. The number of anilines is 2. The van der Waals surface area contributed by atoms with E-state index in [9.17, 15) is 14.7 Å². The van der Waals surface area contributed by atoms with E-state index in [-0.39, 0.29) is 28.3 Å². The van der Waals surface area contributed by atoms with E-state index in [1.54, 1.807) is 40.8 Å². The maximum Gasteiger partial charge on any atom is 0.341 e. The molecule has 0 aliphatic carbocycles. The van der Waals surface area contributed by atoms with Crippen molar-refractivity contribution in [3.05, 3.63) is 69.2 Å². The molecule has 4 aliphatic rings. The van der Waals surface area contributed by atoms with Gasteiger partial charge in [0.05, 0.1) is 11.8 Å². The number of rotatable bonds is 0. The average Bonchev–Trinajstić information content (AvgIpc) is 3.74. The lowest BCUT2D eigenvalue weighted by atomic mass is 9.74. The van der Waals surface area contributed by atoms with Gasteiger partial charge in [-0.05, 0) is 69.7 Å². The number of phenolic OH excluding ortho intramolecular Hbond substituents is 1. The van der Waals surface area contributed by atoms with Gasteiger partial charge in [0.1, 0.15) is 51.6 Å². The van der Waals surface area contributed by atoms with E-state index in [4.69, 9.17) is 30.1 Å². The summed E-state index contributed by atoms with van der Waals surface area (Å²) in [4.78, 5) is 36.1. The van der Waals surface area contributed by atoms with Crippen molar-refractivity contribution >= 4 is 50.2 Å². The van der Waals surface area contributed by atoms with Gasteiger partial charge in [-0.2, -0.15) is 0 Å². The van der Waals surface area contributed by atoms with Crippen molar-refractivity contribution in [2.45, 2.75) is 87.5 Å². The molecule has 0 unspecified atom stereocenters. The zero-order valence-electron chi connectivity index (χ0n) is 26.6. The van der Waals surface area contributed by atoms with E-state index < -0.39 is 29.2 Å². The monoisotopic (exact) mass is 688 g/mol. The van der Waals surface area contributed by atoms with Gasteiger partial charge in [-0.1, -0.05) is 21.6 Å². The van der Waals surface area contributed by atoms with Crippen LogP contribution in [0.1, 0.15) is 67.4 Å². The number of phenols is 1. The van der Waals surface area contributed by atoms with Crippen LogP contribution in [0.15, 0.2) is 45.7 Å². The van der Waals surface area contributed by atoms with Gasteiger partial charge in [0.2, 0.25) is 0 Å². The smallest absolute Gasteiger partial charge is 0.341 e. The van der Waals surface area contributed by atoms with E-state index in [2.05, 4.69) is 9.97 Å². The number of fused-ring (bicyclic) bond motifs is 8. The fourth-order valence-corrected chi connectivity index (χ4v) is 10.1. The minimum atomic E-state index is -1.04. The summed E-state index contributed by atoms with van der Waals surface area (Å²) in [5.41, 5.74) is 14.6. The van der Waals surface area contributed by atoms with Crippen LogP contribution in [0.4, 0.5) is 11.6 Å². The summed E-state index contributed by atoms with van der Waals surface area (Å²) in [5, 5.41) is 11.7. The zero-order chi connectivity index (χ0) is 33.4. The van der Waals surface area contributed by atoms with Crippen LogP contribution in [0.25, 0.3) is 22.2 Å². The Labute approximate surface area is 284 Å². The lowest BCUT2D eigenvalue weighted by Gasteiger charge is -2.47. The van der Waals surface area contributed by atoms with E-state index in [0.29, 0.717) is 78.7 Å². The number of aromatic nitrogens is 2. The molecule has 0 saturated carbocycles. The average molecular weight is 689 g/mol. The molecule has 11 nitrogen and oxygen atoms in total. The number of pyridine rings is 2. The third kappa shape index (κ3) is 5.17. The van der Waals surface area contributed by atoms with Crippen molar-refractivity contribution in [3.63, 3.8) is 0 Å². The quantitative estimate of drug-likeness (QED) is 0.115. The zero-order valence-corrected chi connectivity index (χ0v) is 28.2. The van der Waals surface area contributed by atoms with Crippen molar-refractivity contribution in [3.8, 4) is 22.8 Å². The number of nitrogen functional groups attached to an aromatic ring is 2. The molecule has 1 spiro atoms. The van der Waals surface area contributed by atoms with Gasteiger partial charge < -0.3 is 35.2 Å². The lowest BCUT2D eigenvalue weighted by Crippen LogP contribution is -2.55. The SMILES string of the molecule is Cc1cc(=O)c2c(O)c3c(cc2o1)O[C@@]1(C)CCSSCc2c(ccnc2N)-c2cc(cc(N)n2)CC[C@H]2O[C@]24CCC[C@@H]3[C@H]1OC4=O. The van der Waals surface area contributed by atoms with Crippen molar-refractivity contribution in [2.75, 3.05) is 17.2 Å². The molecule has 8 rings (SSSR count). The molecule has 4 aliphatic heterocycles.